The number of hydrogen-bond donors (Lipinski definition) is 1. The van der Waals surface area contributed by atoms with E-state index in [1.165, 1.54) is 27.4 Å². The molecule has 3 rings (SSSR count). The predicted molar refractivity (Wildman–Crippen MR) is 117 cm³/mol. The quantitative estimate of drug-likeness (QED) is 0.289. The maximum Gasteiger partial charge on any atom is 0.327 e. The van der Waals surface area contributed by atoms with Crippen LogP contribution in [0.2, 0.25) is 0 Å². The lowest BCUT2D eigenvalue weighted by molar-refractivity contribution is -0.386. The van der Waals surface area contributed by atoms with Crippen LogP contribution in [0, 0.1) is 10.1 Å². The highest BCUT2D eigenvalue weighted by Crippen LogP contribution is 2.46. The van der Waals surface area contributed by atoms with Gasteiger partial charge in [0.25, 0.3) is 5.91 Å². The van der Waals surface area contributed by atoms with Gasteiger partial charge in [0, 0.05) is 24.2 Å². The number of carbonyl (C=O) groups is 1. The van der Waals surface area contributed by atoms with Crippen molar-refractivity contribution in [1.29, 1.82) is 0 Å². The molecule has 0 unspecified atom stereocenters. The first-order valence-electron chi connectivity index (χ1n) is 9.73. The van der Waals surface area contributed by atoms with E-state index in [1.807, 2.05) is 30.3 Å². The van der Waals surface area contributed by atoms with Gasteiger partial charge in [-0.05, 0) is 18.6 Å². The maximum absolute atomic E-state index is 12.7. The average Bonchev–Trinajstić information content (AvgIpc) is 2.81. The molecule has 0 bridgehead atoms. The lowest BCUT2D eigenvalue weighted by Gasteiger charge is -2.15. The van der Waals surface area contributed by atoms with Gasteiger partial charge in [0.15, 0.2) is 5.75 Å². The number of hydrogen-bond acceptors (Lipinski definition) is 8. The Hall–Kier alpha value is -4.08. The minimum atomic E-state index is -0.688. The van der Waals surface area contributed by atoms with Crippen molar-refractivity contribution in [2.75, 3.05) is 34.5 Å². The van der Waals surface area contributed by atoms with Crippen LogP contribution in [-0.4, -0.2) is 50.3 Å². The summed E-state index contributed by atoms with van der Waals surface area (Å²) in [5.41, 5.74) is 0.0662. The van der Waals surface area contributed by atoms with E-state index in [4.69, 9.17) is 18.9 Å². The maximum atomic E-state index is 12.7. The number of pyridine rings is 1. The Morgan fingerprint density at radius 3 is 2.50 bits per heavy atom. The summed E-state index contributed by atoms with van der Waals surface area (Å²) in [6, 6.07) is 10.7. The van der Waals surface area contributed by atoms with E-state index in [2.05, 4.69) is 10.3 Å². The third-order valence-corrected chi connectivity index (χ3v) is 4.69. The molecule has 10 heteroatoms. The fourth-order valence-electron chi connectivity index (χ4n) is 3.24. The van der Waals surface area contributed by atoms with Crippen LogP contribution in [0.25, 0.3) is 10.9 Å². The topological polar surface area (TPSA) is 122 Å². The molecular weight excluding hydrogens is 418 g/mol. The Balaban J connectivity index is 1.67. The zero-order valence-electron chi connectivity index (χ0n) is 17.9. The van der Waals surface area contributed by atoms with Crippen molar-refractivity contribution in [2.45, 2.75) is 6.42 Å². The normalized spacial score (nSPS) is 10.5. The Morgan fingerprint density at radius 1 is 1.06 bits per heavy atom. The minimum absolute atomic E-state index is 0.0374. The SMILES string of the molecule is COc1cc(C(=O)NCCCOc2cccc3cccnc23)c([N+](=O)[O-])c(OC)c1OC. The van der Waals surface area contributed by atoms with Gasteiger partial charge in [0.2, 0.25) is 11.5 Å². The molecule has 1 N–H and O–H groups in total. The Labute approximate surface area is 184 Å². The lowest BCUT2D eigenvalue weighted by Crippen LogP contribution is -2.26. The summed E-state index contributed by atoms with van der Waals surface area (Å²) < 4.78 is 21.3. The second-order valence-corrected chi connectivity index (χ2v) is 6.59. The largest absolute Gasteiger partial charge is 0.493 e. The van der Waals surface area contributed by atoms with Crippen molar-refractivity contribution >= 4 is 22.5 Å². The van der Waals surface area contributed by atoms with Crippen LogP contribution < -0.4 is 24.3 Å². The summed E-state index contributed by atoms with van der Waals surface area (Å²) in [5.74, 6) is 0.00787. The van der Waals surface area contributed by atoms with Gasteiger partial charge >= 0.3 is 5.69 Å². The van der Waals surface area contributed by atoms with Crippen LogP contribution in [0.15, 0.2) is 42.6 Å². The number of nitro benzene ring substituents is 1. The highest BCUT2D eigenvalue weighted by atomic mass is 16.6. The molecule has 0 saturated heterocycles. The summed E-state index contributed by atoms with van der Waals surface area (Å²) >= 11 is 0. The number of fused-ring (bicyclic) bond motifs is 1. The Bertz CT molecular complexity index is 1130. The van der Waals surface area contributed by atoms with Crippen LogP contribution >= 0.6 is 0 Å². The van der Waals surface area contributed by atoms with E-state index in [9.17, 15) is 14.9 Å². The number of rotatable bonds is 10. The molecule has 2 aromatic carbocycles. The van der Waals surface area contributed by atoms with Gasteiger partial charge in [-0.15, -0.1) is 0 Å². The number of amides is 1. The molecule has 1 heterocycles. The Morgan fingerprint density at radius 2 is 1.81 bits per heavy atom. The lowest BCUT2D eigenvalue weighted by atomic mass is 10.1. The first-order valence-corrected chi connectivity index (χ1v) is 9.73. The van der Waals surface area contributed by atoms with Gasteiger partial charge in [-0.3, -0.25) is 19.9 Å². The van der Waals surface area contributed by atoms with E-state index in [1.54, 1.807) is 6.20 Å². The van der Waals surface area contributed by atoms with Crippen molar-refractivity contribution in [3.63, 3.8) is 0 Å². The molecular formula is C22H23N3O7. The summed E-state index contributed by atoms with van der Waals surface area (Å²) in [7, 11) is 3.95. The van der Waals surface area contributed by atoms with Gasteiger partial charge in [0.1, 0.15) is 16.8 Å². The molecule has 0 atom stereocenters. The fraction of sp³-hybridized carbons (Fsp3) is 0.273. The summed E-state index contributed by atoms with van der Waals surface area (Å²) in [4.78, 5) is 28.0. The molecule has 0 saturated carbocycles. The first kappa shape index (κ1) is 22.6. The molecule has 0 aliphatic heterocycles. The fourth-order valence-corrected chi connectivity index (χ4v) is 3.24. The van der Waals surface area contributed by atoms with Crippen molar-refractivity contribution in [3.8, 4) is 23.0 Å². The second kappa shape index (κ2) is 10.3. The van der Waals surface area contributed by atoms with Crippen LogP contribution in [-0.2, 0) is 0 Å². The number of aromatic nitrogens is 1. The molecule has 10 nitrogen and oxygen atoms in total. The second-order valence-electron chi connectivity index (χ2n) is 6.59. The van der Waals surface area contributed by atoms with Gasteiger partial charge in [0.05, 0.1) is 32.9 Å². The van der Waals surface area contributed by atoms with Crippen LogP contribution in [0.5, 0.6) is 23.0 Å². The van der Waals surface area contributed by atoms with Gasteiger partial charge < -0.3 is 24.3 Å². The zero-order valence-corrected chi connectivity index (χ0v) is 17.9. The average molecular weight is 441 g/mol. The highest BCUT2D eigenvalue weighted by Gasteiger charge is 2.32. The van der Waals surface area contributed by atoms with Crippen molar-refractivity contribution < 1.29 is 28.7 Å². The predicted octanol–water partition coefficient (Wildman–Crippen LogP) is 3.37. The van der Waals surface area contributed by atoms with E-state index >= 15 is 0 Å². The van der Waals surface area contributed by atoms with E-state index < -0.39 is 16.5 Å². The monoisotopic (exact) mass is 441 g/mol. The third kappa shape index (κ3) is 4.64. The number of nitrogens with one attached hydrogen (secondary N) is 1. The van der Waals surface area contributed by atoms with Crippen molar-refractivity contribution in [3.05, 3.63) is 58.3 Å². The summed E-state index contributed by atoms with van der Waals surface area (Å²) in [5, 5.41) is 15.3. The van der Waals surface area contributed by atoms with Crippen LogP contribution in [0.4, 0.5) is 5.69 Å². The van der Waals surface area contributed by atoms with E-state index in [0.29, 0.717) is 18.8 Å². The number of methoxy groups -OCH3 is 3. The molecule has 0 spiro atoms. The number of carbonyl (C=O) groups excluding carboxylic acids is 1. The number of nitrogens with zero attached hydrogens (tertiary/aromatic N) is 2. The number of para-hydroxylation sites is 1. The number of benzene rings is 2. The third-order valence-electron chi connectivity index (χ3n) is 4.69. The molecule has 1 aromatic heterocycles. The van der Waals surface area contributed by atoms with Gasteiger partial charge in [-0.2, -0.15) is 0 Å². The molecule has 168 valence electrons. The van der Waals surface area contributed by atoms with E-state index in [0.717, 1.165) is 10.9 Å². The molecule has 0 aliphatic rings. The number of nitro groups is 1. The molecule has 0 aliphatic carbocycles. The Kier molecular flexibility index (Phi) is 7.27. The smallest absolute Gasteiger partial charge is 0.327 e. The molecule has 0 fully saturated rings. The summed E-state index contributed by atoms with van der Waals surface area (Å²) in [6.45, 7) is 0.568. The summed E-state index contributed by atoms with van der Waals surface area (Å²) in [6.07, 6.45) is 2.17. The minimum Gasteiger partial charge on any atom is -0.493 e. The van der Waals surface area contributed by atoms with Crippen LogP contribution in [0.3, 0.4) is 0 Å². The standard InChI is InChI=1S/C22H23N3O7/c1-29-17-13-15(19(25(27)28)21(31-3)20(17)30-2)22(26)24-11-6-12-32-16-9-4-7-14-8-5-10-23-18(14)16/h4-5,7-10,13H,6,11-12H2,1-3H3,(H,24,26). The van der Waals surface area contributed by atoms with Crippen molar-refractivity contribution in [1.82, 2.24) is 10.3 Å². The van der Waals surface area contributed by atoms with Gasteiger partial charge in [-0.25, -0.2) is 0 Å². The number of ether oxygens (including phenoxy) is 4. The van der Waals surface area contributed by atoms with Crippen LogP contribution in [0.1, 0.15) is 16.8 Å². The van der Waals surface area contributed by atoms with Gasteiger partial charge in [-0.1, -0.05) is 18.2 Å². The molecule has 1 amide bonds. The molecule has 3 aromatic rings. The van der Waals surface area contributed by atoms with Crippen molar-refractivity contribution in [2.24, 2.45) is 0 Å². The molecule has 0 radical (unpaired) electrons. The molecule has 32 heavy (non-hydrogen) atoms. The zero-order chi connectivity index (χ0) is 23.1. The highest BCUT2D eigenvalue weighted by molar-refractivity contribution is 6.00. The van der Waals surface area contributed by atoms with E-state index in [-0.39, 0.29) is 29.4 Å². The first-order chi connectivity index (χ1) is 15.5.